The Morgan fingerprint density at radius 2 is 1.74 bits per heavy atom. The summed E-state index contributed by atoms with van der Waals surface area (Å²) in [6.07, 6.45) is 1.80. The molecule has 5 aromatic rings. The number of rotatable bonds is 2. The molecule has 0 aliphatic carbocycles. The molecule has 0 amide bonds. The minimum Gasteiger partial charge on any atom is -0.312 e. The minimum atomic E-state index is 0.319. The topological polar surface area (TPSA) is 70.4 Å². The van der Waals surface area contributed by atoms with Gasteiger partial charge < -0.3 is 4.57 Å². The predicted octanol–water partition coefficient (Wildman–Crippen LogP) is 5.50. The number of halogens is 1. The van der Waals surface area contributed by atoms with Crippen molar-refractivity contribution in [3.8, 4) is 22.9 Å². The van der Waals surface area contributed by atoms with E-state index in [9.17, 15) is 5.26 Å². The molecule has 3 aromatic carbocycles. The highest BCUT2D eigenvalue weighted by atomic mass is 35.5. The van der Waals surface area contributed by atoms with E-state index in [1.165, 1.54) is 0 Å². The Labute approximate surface area is 183 Å². The molecule has 0 atom stereocenters. The fraction of sp³-hybridized carbons (Fsp3) is 0.0800. The largest absolute Gasteiger partial charge is 0.312 e. The number of imidazole rings is 1. The summed E-state index contributed by atoms with van der Waals surface area (Å²) < 4.78 is 3.72. The van der Waals surface area contributed by atoms with Gasteiger partial charge in [0, 0.05) is 17.5 Å². The number of pyridine rings is 1. The van der Waals surface area contributed by atoms with Gasteiger partial charge in [0.1, 0.15) is 0 Å². The maximum atomic E-state index is 9.41. The number of hydrogen-bond donors (Lipinski definition) is 1. The first kappa shape index (κ1) is 19.1. The zero-order valence-electron chi connectivity index (χ0n) is 17.0. The average Bonchev–Trinajstić information content (AvgIpc) is 3.05. The Bertz CT molecular complexity index is 1580. The Balaban J connectivity index is 1.89. The number of fused-ring (bicyclic) bond motifs is 3. The summed E-state index contributed by atoms with van der Waals surface area (Å²) in [7, 11) is 1.86. The van der Waals surface area contributed by atoms with Crippen LogP contribution in [0.25, 0.3) is 38.8 Å². The van der Waals surface area contributed by atoms with Gasteiger partial charge in [-0.15, -0.1) is 0 Å². The number of nitrogens with zero attached hydrogens (tertiary/aromatic N) is 4. The Hall–Kier alpha value is -3.88. The van der Waals surface area contributed by atoms with Crippen molar-refractivity contribution in [1.29, 1.82) is 10.7 Å². The van der Waals surface area contributed by atoms with Crippen LogP contribution in [0.5, 0.6) is 0 Å². The van der Waals surface area contributed by atoms with Crippen molar-refractivity contribution in [1.82, 2.24) is 14.1 Å². The van der Waals surface area contributed by atoms with Gasteiger partial charge in [0.15, 0.2) is 0 Å². The second-order valence-corrected chi connectivity index (χ2v) is 8.00. The molecule has 0 aliphatic heterocycles. The van der Waals surface area contributed by atoms with Crippen LogP contribution in [0.1, 0.15) is 11.1 Å². The van der Waals surface area contributed by atoms with Crippen LogP contribution in [0.15, 0.2) is 66.9 Å². The standard InChI is InChI=1S/C25H18ClN5/c1-15-3-4-16(13-27)11-22(15)31-24-20-12-18(17-5-8-19(26)9-6-17)7-10-21(20)29-14-23(24)30(2)25(31)28/h3-12,14,28H,1-2H3. The maximum Gasteiger partial charge on any atom is 0.207 e. The molecule has 0 bridgehead atoms. The molecule has 6 heteroatoms. The van der Waals surface area contributed by atoms with Crippen LogP contribution in [0, 0.1) is 23.7 Å². The third-order valence-electron chi connectivity index (χ3n) is 5.69. The third kappa shape index (κ3) is 3.00. The number of nitrogens with one attached hydrogen (secondary N) is 1. The zero-order valence-corrected chi connectivity index (χ0v) is 17.8. The van der Waals surface area contributed by atoms with E-state index < -0.39 is 0 Å². The van der Waals surface area contributed by atoms with E-state index in [1.807, 2.05) is 71.6 Å². The lowest BCUT2D eigenvalue weighted by atomic mass is 10.0. The summed E-state index contributed by atoms with van der Waals surface area (Å²) in [5.41, 5.74) is 7.38. The molecule has 1 N–H and O–H groups in total. The molecule has 0 fully saturated rings. The van der Waals surface area contributed by atoms with Crippen LogP contribution >= 0.6 is 11.6 Å². The van der Waals surface area contributed by atoms with Crippen molar-refractivity contribution in [2.24, 2.45) is 7.05 Å². The Morgan fingerprint density at radius 3 is 2.48 bits per heavy atom. The van der Waals surface area contributed by atoms with E-state index in [4.69, 9.17) is 17.0 Å². The molecule has 0 spiro atoms. The van der Waals surface area contributed by atoms with Gasteiger partial charge in [-0.1, -0.05) is 35.9 Å². The zero-order chi connectivity index (χ0) is 21.7. The van der Waals surface area contributed by atoms with Crippen molar-refractivity contribution < 1.29 is 0 Å². The lowest BCUT2D eigenvalue weighted by molar-refractivity contribution is 0.786. The number of aromatic nitrogens is 3. The van der Waals surface area contributed by atoms with Gasteiger partial charge in [-0.05, 0) is 60.0 Å². The Morgan fingerprint density at radius 1 is 1.00 bits per heavy atom. The van der Waals surface area contributed by atoms with E-state index in [-0.39, 0.29) is 0 Å². The maximum absolute atomic E-state index is 9.41. The van der Waals surface area contributed by atoms with E-state index in [0.717, 1.165) is 44.3 Å². The molecular weight excluding hydrogens is 406 g/mol. The first-order chi connectivity index (χ1) is 15.0. The molecule has 0 saturated carbocycles. The van der Waals surface area contributed by atoms with Gasteiger partial charge in [-0.2, -0.15) is 5.26 Å². The van der Waals surface area contributed by atoms with Gasteiger partial charge in [0.2, 0.25) is 5.62 Å². The lowest BCUT2D eigenvalue weighted by Crippen LogP contribution is -2.21. The second kappa shape index (κ2) is 7.12. The van der Waals surface area contributed by atoms with Crippen molar-refractivity contribution in [3.63, 3.8) is 0 Å². The van der Waals surface area contributed by atoms with Crippen LogP contribution in [-0.2, 0) is 7.05 Å². The monoisotopic (exact) mass is 423 g/mol. The minimum absolute atomic E-state index is 0.319. The fourth-order valence-electron chi connectivity index (χ4n) is 3.99. The van der Waals surface area contributed by atoms with Crippen LogP contribution in [-0.4, -0.2) is 14.1 Å². The highest BCUT2D eigenvalue weighted by molar-refractivity contribution is 6.30. The third-order valence-corrected chi connectivity index (χ3v) is 5.94. The molecule has 0 radical (unpaired) electrons. The van der Waals surface area contributed by atoms with Crippen molar-refractivity contribution in [2.75, 3.05) is 0 Å². The highest BCUT2D eigenvalue weighted by Gasteiger charge is 2.16. The molecule has 0 aliphatic rings. The second-order valence-electron chi connectivity index (χ2n) is 7.56. The van der Waals surface area contributed by atoms with E-state index in [2.05, 4.69) is 17.1 Å². The summed E-state index contributed by atoms with van der Waals surface area (Å²) in [6.45, 7) is 1.99. The van der Waals surface area contributed by atoms with Gasteiger partial charge in [0.05, 0.1) is 40.1 Å². The quantitative estimate of drug-likeness (QED) is 0.407. The normalized spacial score (nSPS) is 11.2. The molecule has 0 saturated heterocycles. The van der Waals surface area contributed by atoms with E-state index >= 15 is 0 Å². The van der Waals surface area contributed by atoms with Crippen LogP contribution in [0.4, 0.5) is 0 Å². The molecule has 31 heavy (non-hydrogen) atoms. The summed E-state index contributed by atoms with van der Waals surface area (Å²) in [5.74, 6) is 0. The van der Waals surface area contributed by atoms with Crippen molar-refractivity contribution in [2.45, 2.75) is 6.92 Å². The molecule has 150 valence electrons. The summed E-state index contributed by atoms with van der Waals surface area (Å²) in [6, 6.07) is 21.6. The van der Waals surface area contributed by atoms with Crippen LogP contribution in [0.2, 0.25) is 5.02 Å². The highest BCUT2D eigenvalue weighted by Crippen LogP contribution is 2.31. The van der Waals surface area contributed by atoms with Crippen molar-refractivity contribution >= 4 is 33.5 Å². The average molecular weight is 424 g/mol. The SMILES string of the molecule is Cc1ccc(C#N)cc1-n1c(=N)n(C)c2cnc3ccc(-c4ccc(Cl)cc4)cc3c21. The van der Waals surface area contributed by atoms with Gasteiger partial charge in [-0.3, -0.25) is 15.0 Å². The Kier molecular flexibility index (Phi) is 4.39. The van der Waals surface area contributed by atoms with Gasteiger partial charge >= 0.3 is 0 Å². The molecular formula is C25H18ClN5. The van der Waals surface area contributed by atoms with E-state index in [0.29, 0.717) is 16.2 Å². The van der Waals surface area contributed by atoms with E-state index in [1.54, 1.807) is 12.3 Å². The molecule has 0 unspecified atom stereocenters. The van der Waals surface area contributed by atoms with Gasteiger partial charge in [-0.25, -0.2) is 0 Å². The molecule has 5 rings (SSSR count). The lowest BCUT2D eigenvalue weighted by Gasteiger charge is -2.11. The smallest absolute Gasteiger partial charge is 0.207 e. The fourth-order valence-corrected chi connectivity index (χ4v) is 4.12. The first-order valence-electron chi connectivity index (χ1n) is 9.80. The molecule has 5 nitrogen and oxygen atoms in total. The first-order valence-corrected chi connectivity index (χ1v) is 10.2. The van der Waals surface area contributed by atoms with Crippen molar-refractivity contribution in [3.05, 3.63) is 88.6 Å². The molecule has 2 aromatic heterocycles. The van der Waals surface area contributed by atoms with Crippen LogP contribution < -0.4 is 5.62 Å². The molecule has 2 heterocycles. The van der Waals surface area contributed by atoms with Crippen LogP contribution in [0.3, 0.4) is 0 Å². The number of hydrogen-bond acceptors (Lipinski definition) is 3. The predicted molar refractivity (Wildman–Crippen MR) is 123 cm³/mol. The summed E-state index contributed by atoms with van der Waals surface area (Å²) >= 11 is 6.06. The summed E-state index contributed by atoms with van der Waals surface area (Å²) in [5, 5.41) is 19.9. The number of nitriles is 1. The van der Waals surface area contributed by atoms with Gasteiger partial charge in [0.25, 0.3) is 0 Å². The summed E-state index contributed by atoms with van der Waals surface area (Å²) in [4.78, 5) is 4.63. The number of benzene rings is 3. The number of aryl methyl sites for hydroxylation is 2.